The van der Waals surface area contributed by atoms with E-state index in [0.717, 1.165) is 25.1 Å². The molecular weight excluding hydrogens is 264 g/mol. The molecular formula is C16H28N4O. The number of nitrogens with one attached hydrogen (secondary N) is 1. The molecule has 0 radical (unpaired) electrons. The third kappa shape index (κ3) is 4.70. The Morgan fingerprint density at radius 3 is 2.48 bits per heavy atom. The second-order valence-electron chi connectivity index (χ2n) is 6.26. The zero-order chi connectivity index (χ0) is 16.0. The lowest BCUT2D eigenvalue weighted by Crippen LogP contribution is -2.32. The van der Waals surface area contributed by atoms with Gasteiger partial charge in [-0.25, -0.2) is 10.8 Å². The molecule has 3 N–H and O–H groups in total. The standard InChI is InChI=1S/C16H28N4O/c1-6-8-9-20(7-2)15(21)12-10-13(16(3,4)5)18-14(11-12)19-17/h10-11H,6-9,17H2,1-5H3,(H,18,19). The molecule has 118 valence electrons. The SMILES string of the molecule is CCCCN(CC)C(=O)c1cc(NN)nc(C(C)(C)C)c1. The summed E-state index contributed by atoms with van der Waals surface area (Å²) in [6.07, 6.45) is 2.09. The number of rotatable bonds is 6. The van der Waals surface area contributed by atoms with E-state index in [2.05, 4.69) is 38.1 Å². The van der Waals surface area contributed by atoms with E-state index >= 15 is 0 Å². The molecule has 0 spiro atoms. The molecule has 0 aliphatic rings. The minimum Gasteiger partial charge on any atom is -0.339 e. The Labute approximate surface area is 127 Å². The second kappa shape index (κ2) is 7.41. The van der Waals surface area contributed by atoms with Gasteiger partial charge < -0.3 is 10.3 Å². The van der Waals surface area contributed by atoms with E-state index in [-0.39, 0.29) is 11.3 Å². The molecule has 21 heavy (non-hydrogen) atoms. The summed E-state index contributed by atoms with van der Waals surface area (Å²) >= 11 is 0. The maximum atomic E-state index is 12.7. The number of unbranched alkanes of at least 4 members (excludes halogenated alkanes) is 1. The van der Waals surface area contributed by atoms with Crippen LogP contribution >= 0.6 is 0 Å². The molecule has 0 aromatic carbocycles. The van der Waals surface area contributed by atoms with Crippen molar-refractivity contribution in [2.45, 2.75) is 52.9 Å². The fraction of sp³-hybridized carbons (Fsp3) is 0.625. The predicted molar refractivity (Wildman–Crippen MR) is 87.2 cm³/mol. The van der Waals surface area contributed by atoms with E-state index < -0.39 is 0 Å². The van der Waals surface area contributed by atoms with Crippen LogP contribution in [0, 0.1) is 0 Å². The number of hydrogen-bond acceptors (Lipinski definition) is 4. The molecule has 1 heterocycles. The summed E-state index contributed by atoms with van der Waals surface area (Å²) in [5.74, 6) is 6.05. The Morgan fingerprint density at radius 2 is 2.00 bits per heavy atom. The quantitative estimate of drug-likeness (QED) is 0.624. The number of hydrogen-bond donors (Lipinski definition) is 2. The summed E-state index contributed by atoms with van der Waals surface area (Å²) in [6, 6.07) is 3.59. The summed E-state index contributed by atoms with van der Waals surface area (Å²) < 4.78 is 0. The van der Waals surface area contributed by atoms with Gasteiger partial charge >= 0.3 is 0 Å². The lowest BCUT2D eigenvalue weighted by atomic mass is 9.90. The lowest BCUT2D eigenvalue weighted by molar-refractivity contribution is 0.0762. The monoisotopic (exact) mass is 292 g/mol. The van der Waals surface area contributed by atoms with Crippen molar-refractivity contribution < 1.29 is 4.79 Å². The first-order valence-electron chi connectivity index (χ1n) is 7.61. The van der Waals surface area contributed by atoms with Crippen LogP contribution < -0.4 is 11.3 Å². The number of pyridine rings is 1. The highest BCUT2D eigenvalue weighted by Crippen LogP contribution is 2.23. The van der Waals surface area contributed by atoms with Crippen molar-refractivity contribution in [3.63, 3.8) is 0 Å². The van der Waals surface area contributed by atoms with Crippen molar-refractivity contribution in [1.29, 1.82) is 0 Å². The van der Waals surface area contributed by atoms with Crippen molar-refractivity contribution in [2.24, 2.45) is 5.84 Å². The summed E-state index contributed by atoms with van der Waals surface area (Å²) in [6.45, 7) is 11.8. The largest absolute Gasteiger partial charge is 0.339 e. The van der Waals surface area contributed by atoms with Crippen LogP contribution in [0.15, 0.2) is 12.1 Å². The molecule has 1 amide bonds. The molecule has 0 saturated heterocycles. The normalized spacial score (nSPS) is 11.3. The summed E-state index contributed by atoms with van der Waals surface area (Å²) in [4.78, 5) is 19.0. The first-order chi connectivity index (χ1) is 9.83. The van der Waals surface area contributed by atoms with Gasteiger partial charge in [0.15, 0.2) is 0 Å². The molecule has 0 aliphatic heterocycles. The van der Waals surface area contributed by atoms with Gasteiger partial charge in [0, 0.05) is 29.8 Å². The number of carbonyl (C=O) groups is 1. The number of hydrazine groups is 1. The van der Waals surface area contributed by atoms with Gasteiger partial charge in [0.05, 0.1) is 0 Å². The van der Waals surface area contributed by atoms with E-state index in [9.17, 15) is 4.79 Å². The van der Waals surface area contributed by atoms with Gasteiger partial charge in [0.25, 0.3) is 5.91 Å². The Hall–Kier alpha value is -1.62. The Morgan fingerprint density at radius 1 is 1.33 bits per heavy atom. The molecule has 0 bridgehead atoms. The summed E-state index contributed by atoms with van der Waals surface area (Å²) in [7, 11) is 0. The molecule has 1 rings (SSSR count). The van der Waals surface area contributed by atoms with Crippen molar-refractivity contribution in [1.82, 2.24) is 9.88 Å². The highest BCUT2D eigenvalue weighted by atomic mass is 16.2. The van der Waals surface area contributed by atoms with Gasteiger partial charge in [-0.1, -0.05) is 34.1 Å². The zero-order valence-electron chi connectivity index (χ0n) is 13.9. The summed E-state index contributed by atoms with van der Waals surface area (Å²) in [5.41, 5.74) is 3.91. The minimum atomic E-state index is -0.137. The molecule has 0 fully saturated rings. The van der Waals surface area contributed by atoms with E-state index in [1.807, 2.05) is 17.9 Å². The minimum absolute atomic E-state index is 0.0374. The molecule has 0 saturated carbocycles. The van der Waals surface area contributed by atoms with Crippen molar-refractivity contribution in [3.8, 4) is 0 Å². The van der Waals surface area contributed by atoms with Crippen LogP contribution in [0.5, 0.6) is 0 Å². The highest BCUT2D eigenvalue weighted by molar-refractivity contribution is 5.95. The molecule has 0 atom stereocenters. The first kappa shape index (κ1) is 17.4. The van der Waals surface area contributed by atoms with Crippen LogP contribution in [0.4, 0.5) is 5.82 Å². The average molecular weight is 292 g/mol. The van der Waals surface area contributed by atoms with E-state index in [4.69, 9.17) is 5.84 Å². The third-order valence-electron chi connectivity index (χ3n) is 3.44. The van der Waals surface area contributed by atoms with Gasteiger partial charge in [-0.05, 0) is 25.5 Å². The van der Waals surface area contributed by atoms with E-state index in [1.54, 1.807) is 6.07 Å². The third-order valence-corrected chi connectivity index (χ3v) is 3.44. The molecule has 0 unspecified atom stereocenters. The predicted octanol–water partition coefficient (Wildman–Crippen LogP) is 2.93. The lowest BCUT2D eigenvalue weighted by Gasteiger charge is -2.23. The van der Waals surface area contributed by atoms with Crippen molar-refractivity contribution >= 4 is 11.7 Å². The topological polar surface area (TPSA) is 71.2 Å². The fourth-order valence-electron chi connectivity index (χ4n) is 2.05. The van der Waals surface area contributed by atoms with Crippen LogP contribution in [-0.4, -0.2) is 28.9 Å². The van der Waals surface area contributed by atoms with Gasteiger partial charge in [-0.15, -0.1) is 0 Å². The Kier molecular flexibility index (Phi) is 6.15. The number of nitrogens with two attached hydrogens (primary N) is 1. The molecule has 1 aromatic rings. The van der Waals surface area contributed by atoms with Gasteiger partial charge in [0.2, 0.25) is 0 Å². The maximum absolute atomic E-state index is 12.7. The number of nitrogen functional groups attached to an aromatic ring is 1. The molecule has 0 aliphatic carbocycles. The van der Waals surface area contributed by atoms with Gasteiger partial charge in [0.1, 0.15) is 5.82 Å². The van der Waals surface area contributed by atoms with Crippen LogP contribution in [0.1, 0.15) is 63.5 Å². The number of carbonyl (C=O) groups excluding carboxylic acids is 1. The fourth-order valence-corrected chi connectivity index (χ4v) is 2.05. The Bertz CT molecular complexity index is 480. The maximum Gasteiger partial charge on any atom is 0.254 e. The van der Waals surface area contributed by atoms with Gasteiger partial charge in [-0.2, -0.15) is 0 Å². The molecule has 1 aromatic heterocycles. The van der Waals surface area contributed by atoms with Crippen molar-refractivity contribution in [3.05, 3.63) is 23.4 Å². The highest BCUT2D eigenvalue weighted by Gasteiger charge is 2.21. The number of nitrogens with zero attached hydrogens (tertiary/aromatic N) is 2. The number of anilines is 1. The van der Waals surface area contributed by atoms with Crippen LogP contribution in [0.2, 0.25) is 0 Å². The first-order valence-corrected chi connectivity index (χ1v) is 7.61. The van der Waals surface area contributed by atoms with Crippen LogP contribution in [0.25, 0.3) is 0 Å². The molecule has 5 nitrogen and oxygen atoms in total. The van der Waals surface area contributed by atoms with Gasteiger partial charge in [-0.3, -0.25) is 4.79 Å². The average Bonchev–Trinajstić information content (AvgIpc) is 2.46. The van der Waals surface area contributed by atoms with E-state index in [0.29, 0.717) is 17.9 Å². The van der Waals surface area contributed by atoms with Crippen LogP contribution in [0.3, 0.4) is 0 Å². The smallest absolute Gasteiger partial charge is 0.254 e. The summed E-state index contributed by atoms with van der Waals surface area (Å²) in [5, 5.41) is 0. The Balaban J connectivity index is 3.13. The van der Waals surface area contributed by atoms with Crippen molar-refractivity contribution in [2.75, 3.05) is 18.5 Å². The van der Waals surface area contributed by atoms with Crippen LogP contribution in [-0.2, 0) is 5.41 Å². The number of amides is 1. The van der Waals surface area contributed by atoms with E-state index in [1.165, 1.54) is 0 Å². The zero-order valence-corrected chi connectivity index (χ0v) is 13.9. The number of aromatic nitrogens is 1. The molecule has 5 heteroatoms. The second-order valence-corrected chi connectivity index (χ2v) is 6.26.